The fourth-order valence-electron chi connectivity index (χ4n) is 3.27. The van der Waals surface area contributed by atoms with Crippen molar-refractivity contribution in [2.45, 2.75) is 26.2 Å². The summed E-state index contributed by atoms with van der Waals surface area (Å²) in [4.78, 5) is 24.9. The Morgan fingerprint density at radius 2 is 1.91 bits per heavy atom. The SMILES string of the molecule is CC1(C)CC2=C(C1=O)C(c1ccc(F)cc1)C(C#N)C(=O)N2. The van der Waals surface area contributed by atoms with Crippen LogP contribution in [0.4, 0.5) is 4.39 Å². The van der Waals surface area contributed by atoms with Crippen LogP contribution in [0.2, 0.25) is 0 Å². The normalized spacial score (nSPS) is 26.5. The summed E-state index contributed by atoms with van der Waals surface area (Å²) in [6.45, 7) is 3.64. The average molecular weight is 298 g/mol. The van der Waals surface area contributed by atoms with Crippen LogP contribution in [-0.4, -0.2) is 11.7 Å². The van der Waals surface area contributed by atoms with Crippen molar-refractivity contribution in [1.82, 2.24) is 5.32 Å². The zero-order valence-electron chi connectivity index (χ0n) is 12.3. The summed E-state index contributed by atoms with van der Waals surface area (Å²) >= 11 is 0. The molecule has 1 amide bonds. The Kier molecular flexibility index (Phi) is 3.13. The summed E-state index contributed by atoms with van der Waals surface area (Å²) in [5.41, 5.74) is 1.10. The Bertz CT molecular complexity index is 741. The highest BCUT2D eigenvalue weighted by atomic mass is 19.1. The molecule has 1 aromatic rings. The Morgan fingerprint density at radius 3 is 2.50 bits per heavy atom. The number of nitrogens with one attached hydrogen (secondary N) is 1. The van der Waals surface area contributed by atoms with Crippen LogP contribution in [0, 0.1) is 28.5 Å². The van der Waals surface area contributed by atoms with Crippen LogP contribution in [0.3, 0.4) is 0 Å². The maximum absolute atomic E-state index is 13.2. The summed E-state index contributed by atoms with van der Waals surface area (Å²) in [6, 6.07) is 7.61. The van der Waals surface area contributed by atoms with Crippen LogP contribution in [0.5, 0.6) is 0 Å². The smallest absolute Gasteiger partial charge is 0.242 e. The first-order valence-electron chi connectivity index (χ1n) is 7.09. The van der Waals surface area contributed by atoms with E-state index in [9.17, 15) is 19.2 Å². The van der Waals surface area contributed by atoms with Crippen molar-refractivity contribution in [1.29, 1.82) is 5.26 Å². The third-order valence-corrected chi connectivity index (χ3v) is 4.37. The van der Waals surface area contributed by atoms with Gasteiger partial charge in [-0.2, -0.15) is 5.26 Å². The highest BCUT2D eigenvalue weighted by Gasteiger charge is 2.49. The van der Waals surface area contributed by atoms with Crippen molar-refractivity contribution in [3.05, 3.63) is 46.9 Å². The van der Waals surface area contributed by atoms with Gasteiger partial charge < -0.3 is 5.32 Å². The van der Waals surface area contributed by atoms with E-state index in [-0.39, 0.29) is 5.78 Å². The summed E-state index contributed by atoms with van der Waals surface area (Å²) in [6.07, 6.45) is 0.447. The van der Waals surface area contributed by atoms with Gasteiger partial charge in [-0.25, -0.2) is 4.39 Å². The number of allylic oxidation sites excluding steroid dienone is 2. The van der Waals surface area contributed by atoms with Gasteiger partial charge in [-0.15, -0.1) is 0 Å². The summed E-state index contributed by atoms with van der Waals surface area (Å²) in [5, 5.41) is 12.1. The van der Waals surface area contributed by atoms with Gasteiger partial charge in [0.2, 0.25) is 5.91 Å². The Morgan fingerprint density at radius 1 is 1.27 bits per heavy atom. The van der Waals surface area contributed by atoms with E-state index in [1.165, 1.54) is 24.3 Å². The summed E-state index contributed by atoms with van der Waals surface area (Å²) < 4.78 is 13.2. The molecule has 0 saturated carbocycles. The average Bonchev–Trinajstić information content (AvgIpc) is 2.68. The lowest BCUT2D eigenvalue weighted by Gasteiger charge is -2.28. The molecule has 1 aliphatic carbocycles. The molecule has 4 nitrogen and oxygen atoms in total. The van der Waals surface area contributed by atoms with E-state index in [0.717, 1.165) is 0 Å². The number of Topliss-reactive ketones (excluding diaryl/α,β-unsaturated/α-hetero) is 1. The fourth-order valence-corrected chi connectivity index (χ4v) is 3.27. The Labute approximate surface area is 127 Å². The monoisotopic (exact) mass is 298 g/mol. The number of amides is 1. The zero-order valence-corrected chi connectivity index (χ0v) is 12.3. The van der Waals surface area contributed by atoms with E-state index in [1.807, 2.05) is 19.9 Å². The molecule has 0 radical (unpaired) electrons. The van der Waals surface area contributed by atoms with E-state index in [0.29, 0.717) is 23.3 Å². The van der Waals surface area contributed by atoms with Crippen LogP contribution in [0.25, 0.3) is 0 Å². The van der Waals surface area contributed by atoms with Gasteiger partial charge in [0.1, 0.15) is 11.7 Å². The van der Waals surface area contributed by atoms with E-state index in [4.69, 9.17) is 0 Å². The van der Waals surface area contributed by atoms with Crippen LogP contribution in [0.15, 0.2) is 35.5 Å². The summed E-state index contributed by atoms with van der Waals surface area (Å²) in [7, 11) is 0. The van der Waals surface area contributed by atoms with Gasteiger partial charge in [0, 0.05) is 29.0 Å². The maximum Gasteiger partial charge on any atom is 0.242 e. The third-order valence-electron chi connectivity index (χ3n) is 4.37. The number of carbonyl (C=O) groups excluding carboxylic acids is 2. The highest BCUT2D eigenvalue weighted by molar-refractivity contribution is 6.07. The zero-order chi connectivity index (χ0) is 16.1. The second-order valence-electron chi connectivity index (χ2n) is 6.41. The van der Waals surface area contributed by atoms with Crippen molar-refractivity contribution in [2.24, 2.45) is 11.3 Å². The molecule has 2 atom stereocenters. The lowest BCUT2D eigenvalue weighted by atomic mass is 9.76. The van der Waals surface area contributed by atoms with Crippen molar-refractivity contribution in [3.8, 4) is 6.07 Å². The number of hydrogen-bond acceptors (Lipinski definition) is 3. The minimum atomic E-state index is -0.984. The van der Waals surface area contributed by atoms with Gasteiger partial charge >= 0.3 is 0 Å². The van der Waals surface area contributed by atoms with Crippen LogP contribution >= 0.6 is 0 Å². The first-order valence-corrected chi connectivity index (χ1v) is 7.09. The molecule has 1 aliphatic heterocycles. The second kappa shape index (κ2) is 4.77. The number of rotatable bonds is 1. The van der Waals surface area contributed by atoms with E-state index in [2.05, 4.69) is 5.32 Å². The fraction of sp³-hybridized carbons (Fsp3) is 0.353. The van der Waals surface area contributed by atoms with Crippen molar-refractivity contribution in [3.63, 3.8) is 0 Å². The first-order chi connectivity index (χ1) is 10.3. The molecule has 2 aliphatic rings. The molecular formula is C17H15FN2O2. The van der Waals surface area contributed by atoms with Crippen LogP contribution in [0.1, 0.15) is 31.7 Å². The van der Waals surface area contributed by atoms with Gasteiger partial charge in [-0.3, -0.25) is 9.59 Å². The molecular weight excluding hydrogens is 283 g/mol. The first kappa shape index (κ1) is 14.5. The summed E-state index contributed by atoms with van der Waals surface area (Å²) in [5.74, 6) is -2.48. The van der Waals surface area contributed by atoms with Crippen LogP contribution in [-0.2, 0) is 9.59 Å². The molecule has 2 unspecified atom stereocenters. The lowest BCUT2D eigenvalue weighted by molar-refractivity contribution is -0.124. The van der Waals surface area contributed by atoms with E-state index >= 15 is 0 Å². The van der Waals surface area contributed by atoms with Crippen molar-refractivity contribution >= 4 is 11.7 Å². The number of nitrogens with zero attached hydrogens (tertiary/aromatic N) is 1. The minimum Gasteiger partial charge on any atom is -0.328 e. The largest absolute Gasteiger partial charge is 0.328 e. The van der Waals surface area contributed by atoms with Crippen LogP contribution < -0.4 is 5.32 Å². The number of ketones is 1. The minimum absolute atomic E-state index is 0.0583. The predicted octanol–water partition coefficient (Wildman–Crippen LogP) is 2.43. The molecule has 0 aromatic heterocycles. The second-order valence-corrected chi connectivity index (χ2v) is 6.41. The molecule has 112 valence electrons. The van der Waals surface area contributed by atoms with Crippen molar-refractivity contribution in [2.75, 3.05) is 0 Å². The quantitative estimate of drug-likeness (QED) is 0.865. The van der Waals surface area contributed by atoms with Gasteiger partial charge in [0.25, 0.3) is 0 Å². The molecule has 0 saturated heterocycles. The highest BCUT2D eigenvalue weighted by Crippen LogP contribution is 2.47. The molecule has 0 spiro atoms. The molecule has 1 heterocycles. The van der Waals surface area contributed by atoms with Gasteiger partial charge in [0.15, 0.2) is 5.78 Å². The number of carbonyl (C=O) groups is 2. The number of nitriles is 1. The molecule has 0 bridgehead atoms. The van der Waals surface area contributed by atoms with E-state index in [1.54, 1.807) is 0 Å². The molecule has 22 heavy (non-hydrogen) atoms. The topological polar surface area (TPSA) is 70.0 Å². The van der Waals surface area contributed by atoms with Crippen molar-refractivity contribution < 1.29 is 14.0 Å². The van der Waals surface area contributed by atoms with Gasteiger partial charge in [-0.1, -0.05) is 26.0 Å². The molecule has 1 aromatic carbocycles. The number of halogens is 1. The van der Waals surface area contributed by atoms with Gasteiger partial charge in [-0.05, 0) is 17.7 Å². The predicted molar refractivity (Wildman–Crippen MR) is 76.8 cm³/mol. The number of benzene rings is 1. The molecule has 0 fully saturated rings. The maximum atomic E-state index is 13.2. The number of hydrogen-bond donors (Lipinski definition) is 1. The third kappa shape index (κ3) is 2.03. The Hall–Kier alpha value is -2.48. The molecule has 5 heteroatoms. The molecule has 1 N–H and O–H groups in total. The van der Waals surface area contributed by atoms with Gasteiger partial charge in [0.05, 0.1) is 6.07 Å². The van der Waals surface area contributed by atoms with E-state index < -0.39 is 29.0 Å². The standard InChI is InChI=1S/C17H15FN2O2/c1-17(2)7-12-14(15(17)21)13(11(8-19)16(22)20-12)9-3-5-10(18)6-4-9/h3-6,11,13H,7H2,1-2H3,(H,20,22). The molecule has 3 rings (SSSR count). The lowest BCUT2D eigenvalue weighted by Crippen LogP contribution is -2.39. The Balaban J connectivity index is 2.16.